The first-order valence-electron chi connectivity index (χ1n) is 7.33. The van der Waals surface area contributed by atoms with Crippen molar-refractivity contribution in [3.8, 4) is 34.1 Å². The summed E-state index contributed by atoms with van der Waals surface area (Å²) in [7, 11) is 6.97. The summed E-state index contributed by atoms with van der Waals surface area (Å²) in [5.41, 5.74) is 2.51. The van der Waals surface area contributed by atoms with Gasteiger partial charge in [-0.25, -0.2) is 0 Å². The summed E-state index contributed by atoms with van der Waals surface area (Å²) in [4.78, 5) is 0.870. The van der Waals surface area contributed by atoms with Gasteiger partial charge in [0.1, 0.15) is 17.1 Å². The molecule has 0 spiro atoms. The first-order valence-corrected chi connectivity index (χ1v) is 7.83. The molecule has 0 amide bonds. The van der Waals surface area contributed by atoms with E-state index in [-0.39, 0.29) is 6.79 Å². The van der Waals surface area contributed by atoms with Crippen LogP contribution in [0.3, 0.4) is 0 Å². The molecule has 0 fully saturated rings. The van der Waals surface area contributed by atoms with Gasteiger partial charge in [0.15, 0.2) is 11.5 Å². The summed E-state index contributed by atoms with van der Waals surface area (Å²) in [5.74, 6) is 2.81. The van der Waals surface area contributed by atoms with Crippen molar-refractivity contribution >= 4 is 19.8 Å². The first-order chi connectivity index (χ1) is 11.7. The van der Waals surface area contributed by atoms with Crippen LogP contribution in [0.15, 0.2) is 41.0 Å². The van der Waals surface area contributed by atoms with Gasteiger partial charge in [-0.1, -0.05) is 6.07 Å². The van der Waals surface area contributed by atoms with Crippen molar-refractivity contribution < 1.29 is 23.4 Å². The van der Waals surface area contributed by atoms with Crippen LogP contribution in [0.1, 0.15) is 0 Å². The van der Waals surface area contributed by atoms with Crippen molar-refractivity contribution in [1.82, 2.24) is 0 Å². The van der Waals surface area contributed by atoms with Crippen LogP contribution in [0.2, 0.25) is 0 Å². The summed E-state index contributed by atoms with van der Waals surface area (Å²) in [6, 6.07) is 9.43. The molecule has 0 N–H and O–H groups in total. The highest BCUT2D eigenvalue weighted by Gasteiger charge is 2.16. The molecule has 0 aliphatic carbocycles. The zero-order valence-corrected chi connectivity index (χ0v) is 14.2. The maximum absolute atomic E-state index is 5.82. The molecule has 2 heterocycles. The van der Waals surface area contributed by atoms with E-state index in [4.69, 9.17) is 23.4 Å². The molecule has 4 rings (SSSR count). The van der Waals surface area contributed by atoms with Crippen LogP contribution in [-0.4, -0.2) is 21.0 Å². The topological polar surface area (TPSA) is 50.1 Å². The highest BCUT2D eigenvalue weighted by molar-refractivity contribution is 7.07. The van der Waals surface area contributed by atoms with Gasteiger partial charge in [-0.05, 0) is 17.7 Å². The molecule has 0 saturated carbocycles. The van der Waals surface area contributed by atoms with Gasteiger partial charge in [0.2, 0.25) is 6.79 Å². The zero-order valence-electron chi connectivity index (χ0n) is 13.2. The van der Waals surface area contributed by atoms with Crippen molar-refractivity contribution in [2.45, 2.75) is 0 Å². The number of rotatable bonds is 3. The normalized spacial score (nSPS) is 12.4. The molecule has 0 unspecified atom stereocenters. The van der Waals surface area contributed by atoms with Crippen molar-refractivity contribution in [1.29, 1.82) is 0 Å². The molecule has 0 saturated heterocycles. The molecule has 6 heteroatoms. The van der Waals surface area contributed by atoms with E-state index in [0.717, 1.165) is 33.0 Å². The average molecular weight is 342 g/mol. The van der Waals surface area contributed by atoms with Crippen LogP contribution in [0, 0.1) is 4.94 Å². The molecule has 3 aromatic rings. The minimum absolute atomic E-state index is 0.245. The first kappa shape index (κ1) is 14.9. The maximum Gasteiger partial charge on any atom is 0.231 e. The van der Waals surface area contributed by atoms with E-state index < -0.39 is 0 Å². The highest BCUT2D eigenvalue weighted by atomic mass is 31.0. The molecule has 0 radical (unpaired) electrons. The molecule has 1 aromatic heterocycles. The third-order valence-corrected chi connectivity index (χ3v) is 4.52. The Morgan fingerprint density at radius 2 is 1.83 bits per heavy atom. The Morgan fingerprint density at radius 1 is 1.00 bits per heavy atom. The smallest absolute Gasteiger partial charge is 0.231 e. The van der Waals surface area contributed by atoms with Crippen LogP contribution in [0.25, 0.3) is 22.1 Å². The molecule has 1 aliphatic heterocycles. The van der Waals surface area contributed by atoms with Crippen LogP contribution in [-0.2, 0) is 0 Å². The van der Waals surface area contributed by atoms with E-state index >= 15 is 0 Å². The number of methoxy groups -OCH3 is 2. The van der Waals surface area contributed by atoms with Gasteiger partial charge >= 0.3 is 0 Å². The predicted molar refractivity (Wildman–Crippen MR) is 92.4 cm³/mol. The Bertz CT molecular complexity index is 993. The van der Waals surface area contributed by atoms with Crippen molar-refractivity contribution in [2.24, 2.45) is 0 Å². The van der Waals surface area contributed by atoms with Crippen LogP contribution >= 0.6 is 8.86 Å². The Labute approximate surface area is 140 Å². The SMILES string of the molecule is COc1cc(OC)c2c(=P)c(-c3ccc4c(c3)OCO4)coc2c1. The number of fused-ring (bicyclic) bond motifs is 2. The van der Waals surface area contributed by atoms with E-state index in [1.807, 2.05) is 30.3 Å². The van der Waals surface area contributed by atoms with Gasteiger partial charge in [-0.2, -0.15) is 0 Å². The van der Waals surface area contributed by atoms with Crippen molar-refractivity contribution in [2.75, 3.05) is 21.0 Å². The number of hydrogen-bond acceptors (Lipinski definition) is 5. The zero-order chi connectivity index (χ0) is 16.7. The van der Waals surface area contributed by atoms with Crippen molar-refractivity contribution in [3.63, 3.8) is 0 Å². The van der Waals surface area contributed by atoms with Gasteiger partial charge < -0.3 is 23.4 Å². The lowest BCUT2D eigenvalue weighted by atomic mass is 10.0. The fraction of sp³-hybridized carbons (Fsp3) is 0.167. The standard InChI is InChI=1S/C18H15O5P/c1-19-11-6-15(20-2)17-16(7-11)21-8-12(18(17)24)10-3-4-13-14(5-10)23-9-22-13/h3-8,24H,9H2,1-2H3. The van der Waals surface area contributed by atoms with E-state index in [0.29, 0.717) is 17.1 Å². The molecular weight excluding hydrogens is 327 g/mol. The lowest BCUT2D eigenvalue weighted by Crippen LogP contribution is -1.92. The molecule has 2 aromatic carbocycles. The molecule has 5 nitrogen and oxygen atoms in total. The molecule has 24 heavy (non-hydrogen) atoms. The van der Waals surface area contributed by atoms with E-state index in [1.165, 1.54) is 0 Å². The van der Waals surface area contributed by atoms with E-state index in [1.54, 1.807) is 20.5 Å². The second-order valence-corrected chi connectivity index (χ2v) is 5.80. The summed E-state index contributed by atoms with van der Waals surface area (Å²) < 4.78 is 27.4. The molecular formula is C18H15O5P. The van der Waals surface area contributed by atoms with Crippen molar-refractivity contribution in [3.05, 3.63) is 41.5 Å². The van der Waals surface area contributed by atoms with Crippen LogP contribution in [0.4, 0.5) is 0 Å². The number of benzene rings is 2. The maximum atomic E-state index is 5.82. The third kappa shape index (κ3) is 2.29. The van der Waals surface area contributed by atoms with Crippen LogP contribution < -0.4 is 18.9 Å². The second kappa shape index (κ2) is 5.77. The molecule has 0 bridgehead atoms. The van der Waals surface area contributed by atoms with Gasteiger partial charge in [0.05, 0.1) is 25.9 Å². The summed E-state index contributed by atoms with van der Waals surface area (Å²) >= 11 is 0. The van der Waals surface area contributed by atoms with E-state index in [9.17, 15) is 0 Å². The monoisotopic (exact) mass is 342 g/mol. The largest absolute Gasteiger partial charge is 0.496 e. The van der Waals surface area contributed by atoms with E-state index in [2.05, 4.69) is 8.86 Å². The summed E-state index contributed by atoms with van der Waals surface area (Å²) in [5, 5.41) is 0.838. The number of hydrogen-bond donors (Lipinski definition) is 0. The Morgan fingerprint density at radius 3 is 2.62 bits per heavy atom. The quantitative estimate of drug-likeness (QED) is 0.655. The second-order valence-electron chi connectivity index (χ2n) is 5.30. The van der Waals surface area contributed by atoms with Gasteiger partial charge in [0.25, 0.3) is 0 Å². The fourth-order valence-corrected chi connectivity index (χ4v) is 3.23. The third-order valence-electron chi connectivity index (χ3n) is 4.00. The number of ether oxygens (including phenoxy) is 4. The summed E-state index contributed by atoms with van der Waals surface area (Å²) in [6.07, 6.45) is 1.70. The fourth-order valence-electron chi connectivity index (χ4n) is 2.78. The Balaban J connectivity index is 1.94. The molecule has 122 valence electrons. The average Bonchev–Trinajstić information content (AvgIpc) is 3.08. The van der Waals surface area contributed by atoms with Gasteiger partial charge in [-0.3, -0.25) is 0 Å². The Kier molecular flexibility index (Phi) is 3.58. The minimum atomic E-state index is 0.245. The van der Waals surface area contributed by atoms with Gasteiger partial charge in [0, 0.05) is 22.6 Å². The highest BCUT2D eigenvalue weighted by Crippen LogP contribution is 2.39. The predicted octanol–water partition coefficient (Wildman–Crippen LogP) is 4.52. The molecule has 0 atom stereocenters. The van der Waals surface area contributed by atoms with Crippen LogP contribution in [0.5, 0.6) is 23.0 Å². The summed E-state index contributed by atoms with van der Waals surface area (Å²) in [6.45, 7) is 0.245. The molecule has 1 aliphatic rings. The minimum Gasteiger partial charge on any atom is -0.496 e. The lowest BCUT2D eigenvalue weighted by Gasteiger charge is -2.11. The lowest BCUT2D eigenvalue weighted by molar-refractivity contribution is 0.174. The van der Waals surface area contributed by atoms with Gasteiger partial charge in [-0.15, -0.1) is 8.86 Å². The Hall–Kier alpha value is -2.65.